The molecule has 3 aliphatic rings. The quantitative estimate of drug-likeness (QED) is 0.837. The van der Waals surface area contributed by atoms with Crippen LogP contribution in [-0.2, 0) is 0 Å². The lowest BCUT2D eigenvalue weighted by atomic mass is 9.67. The highest BCUT2D eigenvalue weighted by molar-refractivity contribution is 4.93. The van der Waals surface area contributed by atoms with Crippen LogP contribution < -0.4 is 5.73 Å². The summed E-state index contributed by atoms with van der Waals surface area (Å²) in [6, 6.07) is 0.453. The molecule has 0 aromatic heterocycles. The van der Waals surface area contributed by atoms with Gasteiger partial charge in [-0.3, -0.25) is 0 Å². The summed E-state index contributed by atoms with van der Waals surface area (Å²) in [5.74, 6) is 3.66. The largest absolute Gasteiger partial charge is 0.327 e. The molecule has 1 saturated heterocycles. The molecule has 2 nitrogen and oxygen atoms in total. The molecule has 5 atom stereocenters. The molecule has 5 unspecified atom stereocenters. The number of fused-ring (bicyclic) bond motifs is 1. The minimum Gasteiger partial charge on any atom is -0.327 e. The zero-order chi connectivity index (χ0) is 14.3. The normalized spacial score (nSPS) is 42.9. The molecular formula is C18H34N2. The molecule has 0 aromatic rings. The van der Waals surface area contributed by atoms with E-state index in [1.54, 1.807) is 0 Å². The van der Waals surface area contributed by atoms with Crippen molar-refractivity contribution in [2.45, 2.75) is 65.3 Å². The Labute approximate surface area is 125 Å². The van der Waals surface area contributed by atoms with Crippen molar-refractivity contribution in [3.05, 3.63) is 0 Å². The summed E-state index contributed by atoms with van der Waals surface area (Å²) in [5, 5.41) is 0. The molecule has 2 heteroatoms. The van der Waals surface area contributed by atoms with Crippen molar-refractivity contribution >= 4 is 0 Å². The van der Waals surface area contributed by atoms with Crippen LogP contribution in [0.5, 0.6) is 0 Å². The zero-order valence-corrected chi connectivity index (χ0v) is 13.8. The lowest BCUT2D eigenvalue weighted by Crippen LogP contribution is -2.44. The fraction of sp³-hybridized carbons (Fsp3) is 1.00. The van der Waals surface area contributed by atoms with Gasteiger partial charge < -0.3 is 10.6 Å². The molecule has 0 radical (unpaired) electrons. The lowest BCUT2D eigenvalue weighted by molar-refractivity contribution is 0.103. The molecule has 2 N–H and O–H groups in total. The van der Waals surface area contributed by atoms with Gasteiger partial charge in [0.25, 0.3) is 0 Å². The maximum atomic E-state index is 6.45. The van der Waals surface area contributed by atoms with E-state index in [-0.39, 0.29) is 0 Å². The van der Waals surface area contributed by atoms with Gasteiger partial charge in [0.1, 0.15) is 0 Å². The van der Waals surface area contributed by atoms with Crippen molar-refractivity contribution in [2.75, 3.05) is 19.6 Å². The Balaban J connectivity index is 1.56. The Morgan fingerprint density at radius 3 is 2.25 bits per heavy atom. The van der Waals surface area contributed by atoms with Crippen LogP contribution in [0.1, 0.15) is 59.3 Å². The standard InChI is InChI=1S/C18H34N2/c1-18(2,3)16-7-8-17(19)15(9-16)12-20-10-13-5-4-6-14(13)11-20/h13-17H,4-12,19H2,1-3H3. The van der Waals surface area contributed by atoms with E-state index in [4.69, 9.17) is 5.73 Å². The van der Waals surface area contributed by atoms with Gasteiger partial charge in [-0.1, -0.05) is 27.2 Å². The van der Waals surface area contributed by atoms with Crippen molar-refractivity contribution in [1.82, 2.24) is 4.90 Å². The molecule has 3 rings (SSSR count). The van der Waals surface area contributed by atoms with Crippen molar-refractivity contribution in [2.24, 2.45) is 34.8 Å². The second kappa shape index (κ2) is 5.61. The number of hydrogen-bond donors (Lipinski definition) is 1. The van der Waals surface area contributed by atoms with Crippen LogP contribution in [0, 0.1) is 29.1 Å². The average molecular weight is 278 g/mol. The SMILES string of the molecule is CC(C)(C)C1CCC(N)C(CN2CC3CCCC3C2)C1. The van der Waals surface area contributed by atoms with E-state index in [9.17, 15) is 0 Å². The molecule has 2 saturated carbocycles. The Kier molecular flexibility index (Phi) is 4.16. The topological polar surface area (TPSA) is 29.3 Å². The maximum absolute atomic E-state index is 6.45. The molecule has 0 aromatic carbocycles. The van der Waals surface area contributed by atoms with Crippen molar-refractivity contribution in [1.29, 1.82) is 0 Å². The number of nitrogens with zero attached hydrogens (tertiary/aromatic N) is 1. The van der Waals surface area contributed by atoms with Crippen molar-refractivity contribution < 1.29 is 0 Å². The minimum absolute atomic E-state index is 0.453. The molecule has 0 spiro atoms. The van der Waals surface area contributed by atoms with Gasteiger partial charge in [-0.25, -0.2) is 0 Å². The predicted octanol–water partition coefficient (Wildman–Crippen LogP) is 3.51. The van der Waals surface area contributed by atoms with Gasteiger partial charge in [0.15, 0.2) is 0 Å². The summed E-state index contributed by atoms with van der Waals surface area (Å²) in [5.41, 5.74) is 6.91. The highest BCUT2D eigenvalue weighted by atomic mass is 15.2. The minimum atomic E-state index is 0.453. The van der Waals surface area contributed by atoms with Gasteiger partial charge in [0, 0.05) is 25.7 Å². The molecule has 3 fully saturated rings. The van der Waals surface area contributed by atoms with Gasteiger partial charge in [0.05, 0.1) is 0 Å². The summed E-state index contributed by atoms with van der Waals surface area (Å²) in [7, 11) is 0. The summed E-state index contributed by atoms with van der Waals surface area (Å²) < 4.78 is 0. The van der Waals surface area contributed by atoms with Gasteiger partial charge in [-0.05, 0) is 61.2 Å². The Hall–Kier alpha value is -0.0800. The third-order valence-electron chi connectivity index (χ3n) is 6.56. The number of hydrogen-bond acceptors (Lipinski definition) is 2. The average Bonchev–Trinajstić information content (AvgIpc) is 2.91. The molecule has 2 aliphatic carbocycles. The van der Waals surface area contributed by atoms with E-state index < -0.39 is 0 Å². The van der Waals surface area contributed by atoms with Crippen LogP contribution >= 0.6 is 0 Å². The van der Waals surface area contributed by atoms with E-state index in [0.717, 1.165) is 23.7 Å². The summed E-state index contributed by atoms with van der Waals surface area (Å²) in [6.45, 7) is 11.2. The van der Waals surface area contributed by atoms with Crippen LogP contribution in [0.3, 0.4) is 0 Å². The van der Waals surface area contributed by atoms with E-state index in [2.05, 4.69) is 25.7 Å². The van der Waals surface area contributed by atoms with Crippen LogP contribution in [-0.4, -0.2) is 30.6 Å². The highest BCUT2D eigenvalue weighted by Gasteiger charge is 2.39. The summed E-state index contributed by atoms with van der Waals surface area (Å²) in [6.07, 6.45) is 8.40. The molecule has 1 heterocycles. The number of rotatable bonds is 2. The van der Waals surface area contributed by atoms with Crippen LogP contribution in [0.4, 0.5) is 0 Å². The van der Waals surface area contributed by atoms with Gasteiger partial charge in [-0.2, -0.15) is 0 Å². The maximum Gasteiger partial charge on any atom is 0.00795 e. The third kappa shape index (κ3) is 3.06. The molecule has 116 valence electrons. The molecule has 0 amide bonds. The zero-order valence-electron chi connectivity index (χ0n) is 13.8. The van der Waals surface area contributed by atoms with Gasteiger partial charge in [-0.15, -0.1) is 0 Å². The Bertz CT molecular complexity index is 321. The van der Waals surface area contributed by atoms with Crippen LogP contribution in [0.15, 0.2) is 0 Å². The van der Waals surface area contributed by atoms with Gasteiger partial charge >= 0.3 is 0 Å². The molecule has 20 heavy (non-hydrogen) atoms. The molecule has 1 aliphatic heterocycles. The van der Waals surface area contributed by atoms with E-state index in [1.807, 2.05) is 0 Å². The second-order valence-corrected chi connectivity index (χ2v) is 8.97. The van der Waals surface area contributed by atoms with E-state index in [1.165, 1.54) is 58.2 Å². The van der Waals surface area contributed by atoms with E-state index in [0.29, 0.717) is 11.5 Å². The van der Waals surface area contributed by atoms with Crippen LogP contribution in [0.25, 0.3) is 0 Å². The first kappa shape index (κ1) is 14.8. The van der Waals surface area contributed by atoms with Crippen LogP contribution in [0.2, 0.25) is 0 Å². The second-order valence-electron chi connectivity index (χ2n) is 8.97. The summed E-state index contributed by atoms with van der Waals surface area (Å²) in [4.78, 5) is 2.75. The highest BCUT2D eigenvalue weighted by Crippen LogP contribution is 2.42. The van der Waals surface area contributed by atoms with E-state index >= 15 is 0 Å². The Morgan fingerprint density at radius 1 is 1.00 bits per heavy atom. The first-order valence-corrected chi connectivity index (χ1v) is 8.91. The predicted molar refractivity (Wildman–Crippen MR) is 85.5 cm³/mol. The number of nitrogens with two attached hydrogens (primary N) is 1. The van der Waals surface area contributed by atoms with Gasteiger partial charge in [0.2, 0.25) is 0 Å². The first-order valence-electron chi connectivity index (χ1n) is 8.91. The van der Waals surface area contributed by atoms with Crippen molar-refractivity contribution in [3.8, 4) is 0 Å². The molecule has 0 bridgehead atoms. The smallest absolute Gasteiger partial charge is 0.00795 e. The molecular weight excluding hydrogens is 244 g/mol. The van der Waals surface area contributed by atoms with Crippen molar-refractivity contribution in [3.63, 3.8) is 0 Å². The fourth-order valence-corrected chi connectivity index (χ4v) is 5.10. The summed E-state index contributed by atoms with van der Waals surface area (Å²) >= 11 is 0. The third-order valence-corrected chi connectivity index (χ3v) is 6.56. The Morgan fingerprint density at radius 2 is 1.65 bits per heavy atom. The first-order chi connectivity index (χ1) is 9.43. The lowest BCUT2D eigenvalue weighted by Gasteiger charge is -2.42. The number of likely N-dealkylation sites (tertiary alicyclic amines) is 1. The monoisotopic (exact) mass is 278 g/mol. The fourth-order valence-electron chi connectivity index (χ4n) is 5.10.